The number of carbonyl (C=O) groups excluding carboxylic acids is 2. The Labute approximate surface area is 149 Å². The predicted octanol–water partition coefficient (Wildman–Crippen LogP) is 2.23. The fraction of sp³-hybridized carbons (Fsp3) is 0.250. The van der Waals surface area contributed by atoms with Crippen LogP contribution < -0.4 is 10.5 Å². The zero-order valence-electron chi connectivity index (χ0n) is 14.1. The van der Waals surface area contributed by atoms with Crippen molar-refractivity contribution < 1.29 is 29.5 Å². The largest absolute Gasteiger partial charge is 0.769 e. The number of benzene rings is 1. The van der Waals surface area contributed by atoms with Gasteiger partial charge in [0.25, 0.3) is 0 Å². The average molecular weight is 366 g/mol. The first-order valence-corrected chi connectivity index (χ1v) is 7.50. The molecule has 0 unspecified atom stereocenters. The van der Waals surface area contributed by atoms with Crippen molar-refractivity contribution in [2.45, 2.75) is 13.8 Å². The molecular formula is C16H18N2O8-2. The second-order valence-electron chi connectivity index (χ2n) is 4.69. The molecule has 142 valence electrons. The smallest absolute Gasteiger partial charge is 0.330 e. The first kappa shape index (κ1) is 21.1. The Bertz CT molecular complexity index is 642. The lowest BCUT2D eigenvalue weighted by Crippen LogP contribution is -2.14. The Hall–Kier alpha value is -2.92. The molecule has 1 aromatic rings. The van der Waals surface area contributed by atoms with Crippen LogP contribution in [0.4, 0.5) is 11.4 Å². The molecule has 0 aliphatic rings. The van der Waals surface area contributed by atoms with Gasteiger partial charge in [-0.3, -0.25) is 10.4 Å². The molecule has 10 heteroatoms. The summed E-state index contributed by atoms with van der Waals surface area (Å²) in [5.74, 6) is -1.37. The van der Waals surface area contributed by atoms with E-state index in [2.05, 4.69) is 0 Å². The van der Waals surface area contributed by atoms with E-state index in [-0.39, 0.29) is 35.3 Å². The van der Waals surface area contributed by atoms with Gasteiger partial charge in [0, 0.05) is 23.4 Å². The second-order valence-corrected chi connectivity index (χ2v) is 4.69. The van der Waals surface area contributed by atoms with Gasteiger partial charge in [-0.2, -0.15) is 0 Å². The summed E-state index contributed by atoms with van der Waals surface area (Å²) in [7, 11) is 0. The van der Waals surface area contributed by atoms with Gasteiger partial charge in [-0.15, -0.1) is 5.23 Å². The van der Waals surface area contributed by atoms with Crippen molar-refractivity contribution in [3.05, 3.63) is 45.8 Å². The van der Waals surface area contributed by atoms with E-state index in [1.807, 2.05) is 0 Å². The molecule has 0 saturated carbocycles. The van der Waals surface area contributed by atoms with E-state index in [9.17, 15) is 30.4 Å². The Morgan fingerprint density at radius 2 is 1.42 bits per heavy atom. The van der Waals surface area contributed by atoms with Crippen molar-refractivity contribution in [3.63, 3.8) is 0 Å². The first-order valence-electron chi connectivity index (χ1n) is 7.50. The fourth-order valence-electron chi connectivity index (χ4n) is 1.91. The third kappa shape index (κ3) is 6.18. The molecule has 0 fully saturated rings. The van der Waals surface area contributed by atoms with Gasteiger partial charge < -0.3 is 25.1 Å². The van der Waals surface area contributed by atoms with Crippen molar-refractivity contribution in [1.82, 2.24) is 0 Å². The molecule has 0 aromatic heterocycles. The Balaban J connectivity index is 3.36. The first-order chi connectivity index (χ1) is 12.3. The highest BCUT2D eigenvalue weighted by Crippen LogP contribution is 2.31. The van der Waals surface area contributed by atoms with Crippen molar-refractivity contribution >= 4 is 35.5 Å². The van der Waals surface area contributed by atoms with E-state index in [1.54, 1.807) is 13.8 Å². The predicted molar refractivity (Wildman–Crippen MR) is 93.0 cm³/mol. The van der Waals surface area contributed by atoms with Crippen molar-refractivity contribution in [2.75, 3.05) is 23.7 Å². The molecule has 0 bridgehead atoms. The van der Waals surface area contributed by atoms with Gasteiger partial charge in [-0.25, -0.2) is 9.59 Å². The van der Waals surface area contributed by atoms with E-state index in [0.717, 1.165) is 24.3 Å². The molecule has 0 saturated heterocycles. The zero-order chi connectivity index (χ0) is 19.7. The lowest BCUT2D eigenvalue weighted by Gasteiger charge is -2.39. The lowest BCUT2D eigenvalue weighted by atomic mass is 10.0. The molecule has 0 spiro atoms. The molecular weight excluding hydrogens is 348 g/mol. The van der Waals surface area contributed by atoms with Crippen LogP contribution in [0.2, 0.25) is 0 Å². The van der Waals surface area contributed by atoms with Gasteiger partial charge in [-0.1, -0.05) is 0 Å². The Kier molecular flexibility index (Phi) is 8.25. The molecule has 0 aliphatic carbocycles. The van der Waals surface area contributed by atoms with E-state index >= 15 is 0 Å². The SMILES string of the molecule is CCOC(=O)C=Cc1cc(C=CC(=O)OCC)c(N(O)O)cc1N([O-])[O-]. The zero-order valence-corrected chi connectivity index (χ0v) is 14.1. The summed E-state index contributed by atoms with van der Waals surface area (Å²) in [4.78, 5) is 22.8. The van der Waals surface area contributed by atoms with Crippen LogP contribution in [0.3, 0.4) is 0 Å². The van der Waals surface area contributed by atoms with Crippen molar-refractivity contribution in [1.29, 1.82) is 0 Å². The summed E-state index contributed by atoms with van der Waals surface area (Å²) in [5, 5.41) is 39.9. The normalized spacial score (nSPS) is 11.0. The van der Waals surface area contributed by atoms with Crippen molar-refractivity contribution in [3.8, 4) is 0 Å². The number of carbonyl (C=O) groups is 2. The van der Waals surface area contributed by atoms with Crippen molar-refractivity contribution in [2.24, 2.45) is 0 Å². The van der Waals surface area contributed by atoms with E-state index in [0.29, 0.717) is 0 Å². The van der Waals surface area contributed by atoms with Crippen LogP contribution in [0.25, 0.3) is 12.2 Å². The van der Waals surface area contributed by atoms with Gasteiger partial charge in [0.05, 0.1) is 13.2 Å². The molecule has 26 heavy (non-hydrogen) atoms. The van der Waals surface area contributed by atoms with Gasteiger partial charge in [0.1, 0.15) is 5.69 Å². The molecule has 10 nitrogen and oxygen atoms in total. The van der Waals surface area contributed by atoms with Crippen LogP contribution in [0.5, 0.6) is 0 Å². The molecule has 0 amide bonds. The van der Waals surface area contributed by atoms with E-state index in [1.165, 1.54) is 12.1 Å². The van der Waals surface area contributed by atoms with Gasteiger partial charge in [-0.05, 0) is 43.7 Å². The Morgan fingerprint density at radius 1 is 0.962 bits per heavy atom. The standard InChI is InChI=1S/C16H18N2O8/c1-3-25-15(19)7-5-11-9-12(6-8-16(20)26-4-2)14(18(23)24)10-13(11)17(21)22/h5-10,21-22H,3-4H2,1-2H3/q-2. The van der Waals surface area contributed by atoms with Crippen LogP contribution in [-0.4, -0.2) is 35.6 Å². The molecule has 0 heterocycles. The van der Waals surface area contributed by atoms with E-state index < -0.39 is 22.9 Å². The summed E-state index contributed by atoms with van der Waals surface area (Å²) in [6.07, 6.45) is 4.37. The molecule has 1 rings (SSSR count). The maximum atomic E-state index is 11.4. The van der Waals surface area contributed by atoms with Crippen LogP contribution >= 0.6 is 0 Å². The maximum Gasteiger partial charge on any atom is 0.330 e. The molecule has 0 radical (unpaired) electrons. The Morgan fingerprint density at radius 3 is 1.81 bits per heavy atom. The minimum absolute atomic E-state index is 0.00263. The number of esters is 2. The third-order valence-electron chi connectivity index (χ3n) is 2.96. The third-order valence-corrected chi connectivity index (χ3v) is 2.96. The van der Waals surface area contributed by atoms with Crippen LogP contribution in [0.1, 0.15) is 25.0 Å². The van der Waals surface area contributed by atoms with Crippen LogP contribution in [-0.2, 0) is 19.1 Å². The molecule has 1 aromatic carbocycles. The monoisotopic (exact) mass is 366 g/mol. The highest BCUT2D eigenvalue weighted by atomic mass is 16.8. The fourth-order valence-corrected chi connectivity index (χ4v) is 1.91. The summed E-state index contributed by atoms with van der Waals surface area (Å²) in [6.45, 7) is 3.51. The maximum absolute atomic E-state index is 11.4. The summed E-state index contributed by atoms with van der Waals surface area (Å²) in [6, 6.07) is 2.09. The molecule has 2 N–H and O–H groups in total. The number of ether oxygens (including phenoxy) is 2. The number of rotatable bonds is 8. The quantitative estimate of drug-likeness (QED) is 0.399. The topological polar surface area (TPSA) is 146 Å². The highest BCUT2D eigenvalue weighted by Gasteiger charge is 2.11. The average Bonchev–Trinajstić information content (AvgIpc) is 2.57. The number of anilines is 2. The lowest BCUT2D eigenvalue weighted by molar-refractivity contribution is -0.138. The number of nitrogens with zero attached hydrogens (tertiary/aromatic N) is 2. The van der Waals surface area contributed by atoms with Crippen LogP contribution in [0.15, 0.2) is 24.3 Å². The molecule has 0 atom stereocenters. The van der Waals surface area contributed by atoms with Gasteiger partial charge >= 0.3 is 11.9 Å². The summed E-state index contributed by atoms with van der Waals surface area (Å²) < 4.78 is 9.42. The van der Waals surface area contributed by atoms with Crippen LogP contribution in [0, 0.1) is 10.4 Å². The number of hydrogen-bond acceptors (Lipinski definition) is 10. The molecule has 0 aliphatic heterocycles. The summed E-state index contributed by atoms with van der Waals surface area (Å²) >= 11 is 0. The highest BCUT2D eigenvalue weighted by molar-refractivity contribution is 5.92. The minimum atomic E-state index is -0.753. The van der Waals surface area contributed by atoms with E-state index in [4.69, 9.17) is 9.47 Å². The number of hydrogen-bond donors (Lipinski definition) is 2. The summed E-state index contributed by atoms with van der Waals surface area (Å²) in [5.41, 5.74) is -0.762. The second kappa shape index (κ2) is 10.2. The minimum Gasteiger partial charge on any atom is -0.769 e. The van der Waals surface area contributed by atoms with Gasteiger partial charge in [0.15, 0.2) is 0 Å². The van der Waals surface area contributed by atoms with Gasteiger partial charge in [0.2, 0.25) is 0 Å².